The molecule has 164 valence electrons. The number of hydrogen-bond donors (Lipinski definition) is 1. The van der Waals surface area contributed by atoms with Gasteiger partial charge in [0.05, 0.1) is 7.11 Å². The van der Waals surface area contributed by atoms with Gasteiger partial charge in [0.2, 0.25) is 5.16 Å². The Hall–Kier alpha value is -3.91. The molecule has 0 amide bonds. The Kier molecular flexibility index (Phi) is 5.66. The Morgan fingerprint density at radius 3 is 2.67 bits per heavy atom. The molecule has 3 aromatic carbocycles. The van der Waals surface area contributed by atoms with Gasteiger partial charge in [0, 0.05) is 22.7 Å². The van der Waals surface area contributed by atoms with Crippen molar-refractivity contribution in [3.63, 3.8) is 0 Å². The van der Waals surface area contributed by atoms with Crippen LogP contribution in [0.5, 0.6) is 5.75 Å². The second-order valence-corrected chi connectivity index (χ2v) is 8.64. The van der Waals surface area contributed by atoms with E-state index in [0.29, 0.717) is 16.5 Å². The van der Waals surface area contributed by atoms with Crippen LogP contribution in [0, 0.1) is 6.92 Å². The standard InChI is InChI=1S/C25H21N5O2S/c1-16-12-13-22(32-2)21(14-16)30-25(27-28-29-30)33-24(17-8-4-3-5-9-17)23(31)19-15-26-20-11-7-6-10-18(19)20/h3-15,24,26H,1-2H3. The van der Waals surface area contributed by atoms with Crippen LogP contribution in [0.2, 0.25) is 0 Å². The number of ketones is 1. The van der Waals surface area contributed by atoms with Crippen molar-refractivity contribution in [3.05, 3.63) is 95.7 Å². The molecule has 2 aromatic heterocycles. The van der Waals surface area contributed by atoms with Crippen molar-refractivity contribution in [1.82, 2.24) is 25.2 Å². The highest BCUT2D eigenvalue weighted by atomic mass is 32.2. The number of ether oxygens (including phenoxy) is 1. The topological polar surface area (TPSA) is 85.7 Å². The number of nitrogens with zero attached hydrogens (tertiary/aromatic N) is 4. The number of aromatic nitrogens is 5. The molecule has 8 heteroatoms. The quantitative estimate of drug-likeness (QED) is 0.269. The van der Waals surface area contributed by atoms with E-state index < -0.39 is 5.25 Å². The zero-order valence-corrected chi connectivity index (χ0v) is 18.9. The number of aryl methyl sites for hydroxylation is 1. The summed E-state index contributed by atoms with van der Waals surface area (Å²) in [5.74, 6) is 0.628. The summed E-state index contributed by atoms with van der Waals surface area (Å²) in [5.41, 5.74) is 4.21. The van der Waals surface area contributed by atoms with E-state index in [1.807, 2.05) is 79.7 Å². The molecule has 0 bridgehead atoms. The van der Waals surface area contributed by atoms with Gasteiger partial charge in [0.1, 0.15) is 16.7 Å². The smallest absolute Gasteiger partial charge is 0.215 e. The molecular weight excluding hydrogens is 434 g/mol. The van der Waals surface area contributed by atoms with E-state index in [4.69, 9.17) is 4.74 Å². The van der Waals surface area contributed by atoms with Gasteiger partial charge in [-0.05, 0) is 46.7 Å². The number of carbonyl (C=O) groups is 1. The number of hydrogen-bond acceptors (Lipinski definition) is 6. The molecule has 33 heavy (non-hydrogen) atoms. The molecule has 0 saturated carbocycles. The first kappa shape index (κ1) is 21.0. The minimum absolute atomic E-state index is 0.0191. The highest BCUT2D eigenvalue weighted by Crippen LogP contribution is 2.39. The zero-order valence-electron chi connectivity index (χ0n) is 18.1. The molecule has 1 unspecified atom stereocenters. The third-order valence-electron chi connectivity index (χ3n) is 5.42. The molecule has 0 spiro atoms. The average Bonchev–Trinajstić information content (AvgIpc) is 3.49. The van der Waals surface area contributed by atoms with E-state index in [0.717, 1.165) is 27.7 Å². The van der Waals surface area contributed by atoms with Gasteiger partial charge in [-0.2, -0.15) is 4.68 Å². The van der Waals surface area contributed by atoms with Crippen LogP contribution < -0.4 is 4.74 Å². The number of thioether (sulfide) groups is 1. The molecule has 1 N–H and O–H groups in total. The molecule has 5 rings (SSSR count). The molecule has 5 aromatic rings. The lowest BCUT2D eigenvalue weighted by molar-refractivity contribution is 0.0991. The lowest BCUT2D eigenvalue weighted by Crippen LogP contribution is -2.11. The summed E-state index contributed by atoms with van der Waals surface area (Å²) in [6.07, 6.45) is 1.77. The van der Waals surface area contributed by atoms with Crippen LogP contribution in [0.4, 0.5) is 0 Å². The number of Topliss-reactive ketones (excluding diaryl/α,β-unsaturated/α-hetero) is 1. The summed E-state index contributed by atoms with van der Waals surface area (Å²) >= 11 is 1.32. The SMILES string of the molecule is COc1ccc(C)cc1-n1nnnc1SC(C(=O)c1c[nH]c2ccccc12)c1ccccc1. The van der Waals surface area contributed by atoms with Crippen LogP contribution in [0.15, 0.2) is 84.1 Å². The maximum atomic E-state index is 13.8. The van der Waals surface area contributed by atoms with Gasteiger partial charge in [-0.15, -0.1) is 5.10 Å². The summed E-state index contributed by atoms with van der Waals surface area (Å²) in [6.45, 7) is 1.99. The van der Waals surface area contributed by atoms with Crippen LogP contribution in [0.25, 0.3) is 16.6 Å². The van der Waals surface area contributed by atoms with Gasteiger partial charge >= 0.3 is 0 Å². The molecule has 0 aliphatic heterocycles. The predicted octanol–water partition coefficient (Wildman–Crippen LogP) is 5.18. The van der Waals surface area contributed by atoms with Gasteiger partial charge in [-0.25, -0.2) is 0 Å². The van der Waals surface area contributed by atoms with Crippen molar-refractivity contribution in [1.29, 1.82) is 0 Å². The summed E-state index contributed by atoms with van der Waals surface area (Å²) in [6, 6.07) is 23.3. The highest BCUT2D eigenvalue weighted by Gasteiger charge is 2.28. The molecule has 0 fully saturated rings. The number of nitrogens with one attached hydrogen (secondary N) is 1. The lowest BCUT2D eigenvalue weighted by atomic mass is 10.0. The highest BCUT2D eigenvalue weighted by molar-refractivity contribution is 8.00. The van der Waals surface area contributed by atoms with Crippen molar-refractivity contribution in [2.45, 2.75) is 17.3 Å². The minimum Gasteiger partial charge on any atom is -0.494 e. The van der Waals surface area contributed by atoms with Crippen LogP contribution in [0.3, 0.4) is 0 Å². The number of para-hydroxylation sites is 1. The fourth-order valence-corrected chi connectivity index (χ4v) is 4.85. The van der Waals surface area contributed by atoms with Crippen LogP contribution >= 0.6 is 11.8 Å². The Bertz CT molecular complexity index is 1430. The molecule has 1 atom stereocenters. The minimum atomic E-state index is -0.536. The molecular formula is C25H21N5O2S. The molecule has 0 radical (unpaired) electrons. The Balaban J connectivity index is 1.58. The second kappa shape index (κ2) is 8.91. The van der Waals surface area contributed by atoms with Crippen LogP contribution in [0.1, 0.15) is 26.7 Å². The Labute approximate surface area is 194 Å². The summed E-state index contributed by atoms with van der Waals surface area (Å²) in [7, 11) is 1.61. The Morgan fingerprint density at radius 2 is 1.85 bits per heavy atom. The van der Waals surface area contributed by atoms with E-state index in [9.17, 15) is 4.79 Å². The van der Waals surface area contributed by atoms with Crippen molar-refractivity contribution in [2.75, 3.05) is 7.11 Å². The molecule has 7 nitrogen and oxygen atoms in total. The van der Waals surface area contributed by atoms with Gasteiger partial charge in [-0.1, -0.05) is 66.4 Å². The molecule has 0 aliphatic rings. The van der Waals surface area contributed by atoms with Crippen molar-refractivity contribution in [3.8, 4) is 11.4 Å². The number of methoxy groups -OCH3 is 1. The van der Waals surface area contributed by atoms with E-state index in [1.54, 1.807) is 18.0 Å². The van der Waals surface area contributed by atoms with Gasteiger partial charge in [-0.3, -0.25) is 4.79 Å². The second-order valence-electron chi connectivity index (χ2n) is 7.57. The first-order valence-corrected chi connectivity index (χ1v) is 11.3. The van der Waals surface area contributed by atoms with Gasteiger partial charge < -0.3 is 9.72 Å². The van der Waals surface area contributed by atoms with Crippen LogP contribution in [-0.2, 0) is 0 Å². The number of aromatic amines is 1. The summed E-state index contributed by atoms with van der Waals surface area (Å²) < 4.78 is 7.15. The van der Waals surface area contributed by atoms with E-state index in [1.165, 1.54) is 11.8 Å². The number of carbonyl (C=O) groups excluding carboxylic acids is 1. The molecule has 2 heterocycles. The number of rotatable bonds is 7. The van der Waals surface area contributed by atoms with Gasteiger partial charge in [0.25, 0.3) is 0 Å². The average molecular weight is 456 g/mol. The molecule has 0 saturated heterocycles. The monoisotopic (exact) mass is 455 g/mol. The third-order valence-corrected chi connectivity index (χ3v) is 6.61. The predicted molar refractivity (Wildman–Crippen MR) is 128 cm³/mol. The van der Waals surface area contributed by atoms with Crippen molar-refractivity contribution >= 4 is 28.4 Å². The maximum absolute atomic E-state index is 13.8. The van der Waals surface area contributed by atoms with Crippen molar-refractivity contribution < 1.29 is 9.53 Å². The van der Waals surface area contributed by atoms with Gasteiger partial charge in [0.15, 0.2) is 5.78 Å². The number of H-pyrrole nitrogens is 1. The first-order chi connectivity index (χ1) is 16.2. The third kappa shape index (κ3) is 4.01. The van der Waals surface area contributed by atoms with Crippen LogP contribution in [-0.4, -0.2) is 38.1 Å². The normalized spacial score (nSPS) is 12.1. The van der Waals surface area contributed by atoms with E-state index in [2.05, 4.69) is 20.5 Å². The zero-order chi connectivity index (χ0) is 22.8. The fourth-order valence-electron chi connectivity index (χ4n) is 3.79. The molecule has 0 aliphatic carbocycles. The Morgan fingerprint density at radius 1 is 1.06 bits per heavy atom. The van der Waals surface area contributed by atoms with Crippen molar-refractivity contribution in [2.24, 2.45) is 0 Å². The first-order valence-electron chi connectivity index (χ1n) is 10.4. The number of benzene rings is 3. The maximum Gasteiger partial charge on any atom is 0.215 e. The number of fused-ring (bicyclic) bond motifs is 1. The summed E-state index contributed by atoms with van der Waals surface area (Å²) in [5, 5.41) is 13.2. The number of tetrazole rings is 1. The largest absolute Gasteiger partial charge is 0.494 e. The van der Waals surface area contributed by atoms with E-state index in [-0.39, 0.29) is 5.78 Å². The fraction of sp³-hybridized carbons (Fsp3) is 0.120. The lowest BCUT2D eigenvalue weighted by Gasteiger charge is -2.16. The van der Waals surface area contributed by atoms with E-state index >= 15 is 0 Å². The summed E-state index contributed by atoms with van der Waals surface area (Å²) in [4.78, 5) is 17.0.